The van der Waals surface area contributed by atoms with Gasteiger partial charge in [-0.2, -0.15) is 0 Å². The summed E-state index contributed by atoms with van der Waals surface area (Å²) in [5.74, 6) is 0.00288. The maximum absolute atomic E-state index is 9.15. The smallest absolute Gasteiger partial charge is 0.119 e. The van der Waals surface area contributed by atoms with Crippen molar-refractivity contribution in [3.63, 3.8) is 0 Å². The van der Waals surface area contributed by atoms with E-state index in [0.29, 0.717) is 12.2 Å². The molecule has 0 heterocycles. The monoisotopic (exact) mass is 183 g/mol. The van der Waals surface area contributed by atoms with Gasteiger partial charge in [0.2, 0.25) is 0 Å². The van der Waals surface area contributed by atoms with Crippen LogP contribution in [0.25, 0.3) is 0 Å². The van der Waals surface area contributed by atoms with Crippen molar-refractivity contribution in [1.82, 2.24) is 0 Å². The lowest BCUT2D eigenvalue weighted by Gasteiger charge is -2.11. The fraction of sp³-hybridized carbons (Fsp3) is 0.333. The normalized spacial score (nSPS) is 12.8. The molecule has 4 heteroatoms. The number of hydrogen-bond acceptors (Lipinski definition) is 4. The Labute approximate surface area is 76.6 Å². The molecule has 0 saturated heterocycles. The number of methoxy groups -OCH3 is 1. The zero-order valence-electron chi connectivity index (χ0n) is 7.40. The highest BCUT2D eigenvalue weighted by Gasteiger charge is 2.07. The van der Waals surface area contributed by atoms with E-state index in [1.54, 1.807) is 7.11 Å². The predicted octanol–water partition coefficient (Wildman–Crippen LogP) is 0.744. The molecule has 0 amide bonds. The summed E-state index contributed by atoms with van der Waals surface area (Å²) in [4.78, 5) is 0. The Kier molecular flexibility index (Phi) is 3.11. The molecule has 0 aromatic heterocycles. The van der Waals surface area contributed by atoms with E-state index in [-0.39, 0.29) is 17.5 Å². The fourth-order valence-electron chi connectivity index (χ4n) is 1.11. The van der Waals surface area contributed by atoms with Crippen LogP contribution in [-0.4, -0.2) is 23.9 Å². The van der Waals surface area contributed by atoms with Gasteiger partial charge in [0.1, 0.15) is 11.5 Å². The second-order valence-electron chi connectivity index (χ2n) is 2.84. The largest absolute Gasteiger partial charge is 0.508 e. The van der Waals surface area contributed by atoms with Gasteiger partial charge >= 0.3 is 0 Å². The number of aromatic hydroxyl groups is 2. The van der Waals surface area contributed by atoms with Gasteiger partial charge in [0.25, 0.3) is 0 Å². The van der Waals surface area contributed by atoms with Crippen molar-refractivity contribution in [2.45, 2.75) is 6.04 Å². The van der Waals surface area contributed by atoms with E-state index in [1.807, 2.05) is 0 Å². The first kappa shape index (κ1) is 9.83. The summed E-state index contributed by atoms with van der Waals surface area (Å²) in [5, 5.41) is 18.3. The van der Waals surface area contributed by atoms with E-state index < -0.39 is 0 Å². The first-order chi connectivity index (χ1) is 6.13. The van der Waals surface area contributed by atoms with Gasteiger partial charge in [0, 0.05) is 13.2 Å². The van der Waals surface area contributed by atoms with Crippen molar-refractivity contribution in [2.24, 2.45) is 5.73 Å². The molecule has 0 aliphatic heterocycles. The highest BCUT2D eigenvalue weighted by atomic mass is 16.5. The first-order valence-corrected chi connectivity index (χ1v) is 3.91. The SMILES string of the molecule is COCC(N)c1cc(O)cc(O)c1. The maximum atomic E-state index is 9.15. The number of phenols is 2. The summed E-state index contributed by atoms with van der Waals surface area (Å²) in [6.45, 7) is 0.350. The molecule has 72 valence electrons. The van der Waals surface area contributed by atoms with Crippen LogP contribution in [0.3, 0.4) is 0 Å². The summed E-state index contributed by atoms with van der Waals surface area (Å²) >= 11 is 0. The Morgan fingerprint density at radius 3 is 2.31 bits per heavy atom. The quantitative estimate of drug-likeness (QED) is 0.646. The van der Waals surface area contributed by atoms with Crippen molar-refractivity contribution < 1.29 is 14.9 Å². The summed E-state index contributed by atoms with van der Waals surface area (Å²) in [5.41, 5.74) is 6.35. The van der Waals surface area contributed by atoms with Crippen molar-refractivity contribution in [1.29, 1.82) is 0 Å². The van der Waals surface area contributed by atoms with Crippen LogP contribution in [0.5, 0.6) is 11.5 Å². The molecular weight excluding hydrogens is 170 g/mol. The zero-order valence-corrected chi connectivity index (χ0v) is 7.40. The molecule has 0 radical (unpaired) electrons. The second kappa shape index (κ2) is 4.11. The molecule has 0 spiro atoms. The first-order valence-electron chi connectivity index (χ1n) is 3.91. The topological polar surface area (TPSA) is 75.7 Å². The van der Waals surface area contributed by atoms with Crippen molar-refractivity contribution in [2.75, 3.05) is 13.7 Å². The van der Waals surface area contributed by atoms with Gasteiger partial charge in [-0.15, -0.1) is 0 Å². The molecule has 1 unspecified atom stereocenters. The Morgan fingerprint density at radius 1 is 1.31 bits per heavy atom. The molecule has 1 rings (SSSR count). The van der Waals surface area contributed by atoms with E-state index >= 15 is 0 Å². The lowest BCUT2D eigenvalue weighted by Crippen LogP contribution is -2.15. The van der Waals surface area contributed by atoms with Crippen LogP contribution in [0.2, 0.25) is 0 Å². The highest BCUT2D eigenvalue weighted by Crippen LogP contribution is 2.23. The van der Waals surface area contributed by atoms with Crippen LogP contribution in [-0.2, 0) is 4.74 Å². The number of rotatable bonds is 3. The molecule has 4 nitrogen and oxygen atoms in total. The van der Waals surface area contributed by atoms with Gasteiger partial charge < -0.3 is 20.7 Å². The fourth-order valence-corrected chi connectivity index (χ4v) is 1.11. The molecule has 1 aromatic carbocycles. The van der Waals surface area contributed by atoms with Gasteiger partial charge in [-0.05, 0) is 17.7 Å². The molecule has 4 N–H and O–H groups in total. The van der Waals surface area contributed by atoms with Crippen molar-refractivity contribution >= 4 is 0 Å². The summed E-state index contributed by atoms with van der Waals surface area (Å²) in [6, 6.07) is 3.93. The van der Waals surface area contributed by atoms with E-state index in [9.17, 15) is 0 Å². The summed E-state index contributed by atoms with van der Waals surface area (Å²) in [7, 11) is 1.54. The number of hydrogen-bond donors (Lipinski definition) is 3. The highest BCUT2D eigenvalue weighted by molar-refractivity contribution is 5.38. The Morgan fingerprint density at radius 2 is 1.85 bits per heavy atom. The van der Waals surface area contributed by atoms with E-state index in [0.717, 1.165) is 0 Å². The molecule has 0 saturated carbocycles. The molecular formula is C9H13NO3. The van der Waals surface area contributed by atoms with Crippen LogP contribution < -0.4 is 5.73 Å². The van der Waals surface area contributed by atoms with E-state index in [2.05, 4.69) is 0 Å². The molecule has 0 fully saturated rings. The molecule has 13 heavy (non-hydrogen) atoms. The average Bonchev–Trinajstić information content (AvgIpc) is 2.03. The van der Waals surface area contributed by atoms with Crippen LogP contribution in [0.4, 0.5) is 0 Å². The third kappa shape index (κ3) is 2.61. The summed E-state index contributed by atoms with van der Waals surface area (Å²) in [6.07, 6.45) is 0. The van der Waals surface area contributed by atoms with Crippen LogP contribution >= 0.6 is 0 Å². The number of nitrogens with two attached hydrogens (primary N) is 1. The average molecular weight is 183 g/mol. The van der Waals surface area contributed by atoms with Gasteiger partial charge in [-0.3, -0.25) is 0 Å². The molecule has 0 aliphatic carbocycles. The van der Waals surface area contributed by atoms with Gasteiger partial charge in [-0.1, -0.05) is 0 Å². The van der Waals surface area contributed by atoms with Crippen molar-refractivity contribution in [3.8, 4) is 11.5 Å². The Bertz CT molecular complexity index is 268. The number of ether oxygens (including phenoxy) is 1. The van der Waals surface area contributed by atoms with E-state index in [1.165, 1.54) is 18.2 Å². The minimum atomic E-state index is -0.331. The minimum absolute atomic E-state index is 0.00144. The number of phenolic OH excluding ortho intramolecular Hbond substituents is 2. The van der Waals surface area contributed by atoms with Crippen LogP contribution in [0.15, 0.2) is 18.2 Å². The summed E-state index contributed by atoms with van der Waals surface area (Å²) < 4.78 is 4.85. The molecule has 1 atom stereocenters. The minimum Gasteiger partial charge on any atom is -0.508 e. The van der Waals surface area contributed by atoms with Gasteiger partial charge in [0.05, 0.1) is 12.6 Å². The lowest BCUT2D eigenvalue weighted by molar-refractivity contribution is 0.180. The zero-order chi connectivity index (χ0) is 9.84. The van der Waals surface area contributed by atoms with E-state index in [4.69, 9.17) is 20.7 Å². The molecule has 0 bridgehead atoms. The lowest BCUT2D eigenvalue weighted by atomic mass is 10.1. The Hall–Kier alpha value is -1.26. The molecule has 0 aliphatic rings. The van der Waals surface area contributed by atoms with Crippen LogP contribution in [0.1, 0.15) is 11.6 Å². The van der Waals surface area contributed by atoms with Gasteiger partial charge in [-0.25, -0.2) is 0 Å². The third-order valence-corrected chi connectivity index (χ3v) is 1.70. The number of benzene rings is 1. The van der Waals surface area contributed by atoms with Crippen LogP contribution in [0, 0.1) is 0 Å². The molecule has 1 aromatic rings. The predicted molar refractivity (Wildman–Crippen MR) is 48.6 cm³/mol. The third-order valence-electron chi connectivity index (χ3n) is 1.70. The Balaban J connectivity index is 2.87. The van der Waals surface area contributed by atoms with Gasteiger partial charge in [0.15, 0.2) is 0 Å². The maximum Gasteiger partial charge on any atom is 0.119 e. The standard InChI is InChI=1S/C9H13NO3/c1-13-5-9(10)6-2-7(11)4-8(12)3-6/h2-4,9,11-12H,5,10H2,1H3. The second-order valence-corrected chi connectivity index (χ2v) is 2.84. The van der Waals surface area contributed by atoms with Crippen molar-refractivity contribution in [3.05, 3.63) is 23.8 Å².